The van der Waals surface area contributed by atoms with Gasteiger partial charge in [0.25, 0.3) is 0 Å². The lowest BCUT2D eigenvalue weighted by atomic mass is 9.92. The molecule has 5 nitrogen and oxygen atoms in total. The number of aryl methyl sites for hydroxylation is 3. The number of cyclic esters (lactones) is 1. The molecule has 1 N–H and O–H groups in total. The SMILES string of the molecule is COC(=O)c1ccc(CCc2cccc(CC[C@H]3OC(=O)[C@@H]3CO)c2)cc1. The van der Waals surface area contributed by atoms with Crippen LogP contribution in [0, 0.1) is 5.92 Å². The van der Waals surface area contributed by atoms with Gasteiger partial charge in [-0.2, -0.15) is 0 Å². The summed E-state index contributed by atoms with van der Waals surface area (Å²) >= 11 is 0. The van der Waals surface area contributed by atoms with Crippen LogP contribution in [0.15, 0.2) is 48.5 Å². The predicted molar refractivity (Wildman–Crippen MR) is 100 cm³/mol. The van der Waals surface area contributed by atoms with Gasteiger partial charge in [0.15, 0.2) is 0 Å². The largest absolute Gasteiger partial charge is 0.465 e. The number of rotatable bonds is 8. The molecule has 5 heteroatoms. The van der Waals surface area contributed by atoms with Gasteiger partial charge in [-0.25, -0.2) is 4.79 Å². The number of hydrogen-bond donors (Lipinski definition) is 1. The summed E-state index contributed by atoms with van der Waals surface area (Å²) in [5.41, 5.74) is 4.17. The van der Waals surface area contributed by atoms with E-state index in [1.165, 1.54) is 23.8 Å². The molecule has 27 heavy (non-hydrogen) atoms. The van der Waals surface area contributed by atoms with Crippen molar-refractivity contribution in [2.24, 2.45) is 5.92 Å². The van der Waals surface area contributed by atoms with Gasteiger partial charge >= 0.3 is 11.9 Å². The number of hydrogen-bond acceptors (Lipinski definition) is 5. The molecule has 2 aromatic rings. The standard InChI is InChI=1S/C22H24O5/c1-26-21(24)18-10-7-15(8-11-18)5-6-16-3-2-4-17(13-16)9-12-20-19(14-23)22(25)27-20/h2-4,7-8,10-11,13,19-20,23H,5-6,9,12,14H2,1H3/t19-,20-/m1/s1. The van der Waals surface area contributed by atoms with Crippen molar-refractivity contribution in [1.29, 1.82) is 0 Å². The van der Waals surface area contributed by atoms with Crippen molar-refractivity contribution in [2.45, 2.75) is 31.8 Å². The van der Waals surface area contributed by atoms with Gasteiger partial charge in [0, 0.05) is 0 Å². The van der Waals surface area contributed by atoms with E-state index in [0.717, 1.165) is 25.7 Å². The summed E-state index contributed by atoms with van der Waals surface area (Å²) in [6.45, 7) is -0.141. The van der Waals surface area contributed by atoms with Gasteiger partial charge in [-0.15, -0.1) is 0 Å². The van der Waals surface area contributed by atoms with Gasteiger partial charge in [-0.1, -0.05) is 36.4 Å². The Labute approximate surface area is 158 Å². The lowest BCUT2D eigenvalue weighted by Crippen LogP contribution is -2.47. The number of esters is 2. The maximum atomic E-state index is 11.5. The molecule has 2 atom stereocenters. The van der Waals surface area contributed by atoms with Crippen LogP contribution in [0.3, 0.4) is 0 Å². The molecule has 0 bridgehead atoms. The second-order valence-corrected chi connectivity index (χ2v) is 6.81. The molecule has 1 saturated heterocycles. The van der Waals surface area contributed by atoms with E-state index in [-0.39, 0.29) is 30.6 Å². The minimum Gasteiger partial charge on any atom is -0.465 e. The average Bonchev–Trinajstić information content (AvgIpc) is 2.69. The minimum absolute atomic E-state index is 0.141. The third-order valence-corrected chi connectivity index (χ3v) is 5.00. The van der Waals surface area contributed by atoms with Crippen molar-refractivity contribution in [3.63, 3.8) is 0 Å². The molecule has 0 amide bonds. The van der Waals surface area contributed by atoms with Crippen LogP contribution in [0.2, 0.25) is 0 Å². The molecule has 1 aliphatic heterocycles. The molecule has 142 valence electrons. The van der Waals surface area contributed by atoms with E-state index in [0.29, 0.717) is 5.56 Å². The van der Waals surface area contributed by atoms with E-state index in [4.69, 9.17) is 9.47 Å². The zero-order valence-electron chi connectivity index (χ0n) is 15.4. The monoisotopic (exact) mass is 368 g/mol. The Morgan fingerprint density at radius 1 is 1.04 bits per heavy atom. The van der Waals surface area contributed by atoms with Crippen molar-refractivity contribution in [3.8, 4) is 0 Å². The smallest absolute Gasteiger partial charge is 0.337 e. The van der Waals surface area contributed by atoms with Gasteiger partial charge in [-0.05, 0) is 54.5 Å². The topological polar surface area (TPSA) is 72.8 Å². The van der Waals surface area contributed by atoms with Crippen molar-refractivity contribution in [3.05, 3.63) is 70.8 Å². The molecule has 0 spiro atoms. The Balaban J connectivity index is 1.52. The highest BCUT2D eigenvalue weighted by Crippen LogP contribution is 2.26. The highest BCUT2D eigenvalue weighted by Gasteiger charge is 2.41. The summed E-state index contributed by atoms with van der Waals surface area (Å²) in [5, 5.41) is 9.18. The van der Waals surface area contributed by atoms with Crippen LogP contribution in [0.5, 0.6) is 0 Å². The lowest BCUT2D eigenvalue weighted by molar-refractivity contribution is -0.188. The minimum atomic E-state index is -0.360. The van der Waals surface area contributed by atoms with Crippen molar-refractivity contribution in [1.82, 2.24) is 0 Å². The zero-order valence-corrected chi connectivity index (χ0v) is 15.4. The number of methoxy groups -OCH3 is 1. The van der Waals surface area contributed by atoms with Gasteiger partial charge < -0.3 is 14.6 Å². The Morgan fingerprint density at radius 3 is 2.33 bits per heavy atom. The molecule has 1 fully saturated rings. The van der Waals surface area contributed by atoms with Crippen molar-refractivity contribution >= 4 is 11.9 Å². The summed E-state index contributed by atoms with van der Waals surface area (Å²) in [6.07, 6.45) is 3.17. The highest BCUT2D eigenvalue weighted by molar-refractivity contribution is 5.89. The lowest BCUT2D eigenvalue weighted by Gasteiger charge is -2.33. The average molecular weight is 368 g/mol. The molecule has 1 aliphatic rings. The van der Waals surface area contributed by atoms with Crippen LogP contribution >= 0.6 is 0 Å². The molecular weight excluding hydrogens is 344 g/mol. The fourth-order valence-electron chi connectivity index (χ4n) is 3.31. The second-order valence-electron chi connectivity index (χ2n) is 6.81. The Hall–Kier alpha value is -2.66. The van der Waals surface area contributed by atoms with E-state index < -0.39 is 0 Å². The maximum Gasteiger partial charge on any atom is 0.337 e. The molecule has 0 saturated carbocycles. The molecule has 1 heterocycles. The Bertz CT molecular complexity index is 797. The van der Waals surface area contributed by atoms with Crippen LogP contribution in [-0.2, 0) is 33.5 Å². The zero-order chi connectivity index (χ0) is 19.2. The summed E-state index contributed by atoms with van der Waals surface area (Å²) < 4.78 is 9.81. The quantitative estimate of drug-likeness (QED) is 0.726. The van der Waals surface area contributed by atoms with E-state index in [1.807, 2.05) is 18.2 Å². The Morgan fingerprint density at radius 2 is 1.70 bits per heavy atom. The number of aliphatic hydroxyl groups excluding tert-OH is 1. The second kappa shape index (κ2) is 8.82. The third-order valence-electron chi connectivity index (χ3n) is 5.00. The van der Waals surface area contributed by atoms with Gasteiger partial charge in [-0.3, -0.25) is 4.79 Å². The van der Waals surface area contributed by atoms with Crippen LogP contribution in [0.4, 0.5) is 0 Å². The summed E-state index contributed by atoms with van der Waals surface area (Å²) in [7, 11) is 1.38. The van der Waals surface area contributed by atoms with Gasteiger partial charge in [0.05, 0.1) is 19.3 Å². The first-order valence-electron chi connectivity index (χ1n) is 9.17. The number of aliphatic hydroxyl groups is 1. The van der Waals surface area contributed by atoms with E-state index in [2.05, 4.69) is 18.2 Å². The highest BCUT2D eigenvalue weighted by atomic mass is 16.6. The van der Waals surface area contributed by atoms with Crippen LogP contribution in [-0.4, -0.2) is 36.9 Å². The fraction of sp³-hybridized carbons (Fsp3) is 0.364. The number of carbonyl (C=O) groups excluding carboxylic acids is 2. The first-order chi connectivity index (χ1) is 13.1. The number of benzene rings is 2. The maximum absolute atomic E-state index is 11.5. The molecule has 3 rings (SSSR count). The van der Waals surface area contributed by atoms with Crippen molar-refractivity contribution in [2.75, 3.05) is 13.7 Å². The normalized spacial score (nSPS) is 18.5. The molecule has 2 aromatic carbocycles. The van der Waals surface area contributed by atoms with Gasteiger partial charge in [0.2, 0.25) is 0 Å². The first-order valence-corrected chi connectivity index (χ1v) is 9.17. The summed E-state index contributed by atoms with van der Waals surface area (Å²) in [4.78, 5) is 22.7. The third kappa shape index (κ3) is 4.74. The molecular formula is C22H24O5. The summed E-state index contributed by atoms with van der Waals surface area (Å²) in [6, 6.07) is 15.9. The van der Waals surface area contributed by atoms with Crippen LogP contribution in [0.1, 0.15) is 33.5 Å². The van der Waals surface area contributed by atoms with Gasteiger partial charge in [0.1, 0.15) is 12.0 Å². The number of ether oxygens (including phenoxy) is 2. The fourth-order valence-corrected chi connectivity index (χ4v) is 3.31. The first kappa shape index (κ1) is 19.1. The number of carbonyl (C=O) groups is 2. The molecule has 0 radical (unpaired) electrons. The van der Waals surface area contributed by atoms with E-state index >= 15 is 0 Å². The molecule has 0 aromatic heterocycles. The summed E-state index contributed by atoms with van der Waals surface area (Å²) in [5.74, 6) is -0.981. The Kier molecular flexibility index (Phi) is 6.24. The van der Waals surface area contributed by atoms with E-state index in [1.54, 1.807) is 12.1 Å². The van der Waals surface area contributed by atoms with Crippen LogP contribution in [0.25, 0.3) is 0 Å². The van der Waals surface area contributed by atoms with E-state index in [9.17, 15) is 14.7 Å². The van der Waals surface area contributed by atoms with Crippen LogP contribution < -0.4 is 0 Å². The predicted octanol–water partition coefficient (Wildman–Crippen LogP) is 2.72. The van der Waals surface area contributed by atoms with Crippen molar-refractivity contribution < 1.29 is 24.2 Å². The molecule has 0 unspecified atom stereocenters. The molecule has 0 aliphatic carbocycles.